The Morgan fingerprint density at radius 1 is 1.10 bits per heavy atom. The van der Waals surface area contributed by atoms with E-state index in [1.807, 2.05) is 32.2 Å². The number of rotatable bonds is 3. The fourth-order valence-electron chi connectivity index (χ4n) is 2.11. The van der Waals surface area contributed by atoms with Crippen molar-refractivity contribution in [3.05, 3.63) is 35.5 Å². The second-order valence-electron chi connectivity index (χ2n) is 6.15. The Kier molecular flexibility index (Phi) is 4.16. The summed E-state index contributed by atoms with van der Waals surface area (Å²) in [6.07, 6.45) is 0. The molecule has 4 heteroatoms. The van der Waals surface area contributed by atoms with Gasteiger partial charge in [0, 0.05) is 24.1 Å². The lowest BCUT2D eigenvalue weighted by atomic mass is 9.91. The molecule has 0 unspecified atom stereocenters. The number of anilines is 1. The van der Waals surface area contributed by atoms with E-state index in [1.54, 1.807) is 7.11 Å². The smallest absolute Gasteiger partial charge is 0.161 e. The number of aromatic nitrogens is 2. The monoisotopic (exact) mass is 285 g/mol. The Bertz CT molecular complexity index is 645. The maximum Gasteiger partial charge on any atom is 0.161 e. The van der Waals surface area contributed by atoms with E-state index in [2.05, 4.69) is 37.1 Å². The average molecular weight is 285 g/mol. The number of nitrogens with zero attached hydrogens (tertiary/aromatic N) is 2. The van der Waals surface area contributed by atoms with Gasteiger partial charge in [-0.15, -0.1) is 0 Å². The normalized spacial score (nSPS) is 11.3. The van der Waals surface area contributed by atoms with E-state index < -0.39 is 0 Å². The first-order chi connectivity index (χ1) is 9.85. The second-order valence-corrected chi connectivity index (χ2v) is 6.15. The molecule has 0 radical (unpaired) electrons. The number of benzene rings is 1. The molecule has 0 saturated carbocycles. The Hall–Kier alpha value is -2.10. The summed E-state index contributed by atoms with van der Waals surface area (Å²) in [7, 11) is 3.55. The fraction of sp³-hybridized carbons (Fsp3) is 0.412. The van der Waals surface area contributed by atoms with Crippen molar-refractivity contribution in [1.82, 2.24) is 9.97 Å². The molecule has 0 aliphatic carbocycles. The second kappa shape index (κ2) is 5.72. The first kappa shape index (κ1) is 15.3. The van der Waals surface area contributed by atoms with Gasteiger partial charge >= 0.3 is 0 Å². The summed E-state index contributed by atoms with van der Waals surface area (Å²) in [6, 6.07) is 8.00. The third-order valence-electron chi connectivity index (χ3n) is 3.40. The van der Waals surface area contributed by atoms with Crippen LogP contribution in [0.1, 0.15) is 32.0 Å². The fourth-order valence-corrected chi connectivity index (χ4v) is 2.11. The number of nitrogens with one attached hydrogen (secondary N) is 1. The Morgan fingerprint density at radius 3 is 2.33 bits per heavy atom. The molecular weight excluding hydrogens is 262 g/mol. The summed E-state index contributed by atoms with van der Waals surface area (Å²) in [4.78, 5) is 9.30. The number of ether oxygens (including phenoxy) is 1. The zero-order chi connectivity index (χ0) is 15.6. The van der Waals surface area contributed by atoms with Gasteiger partial charge in [-0.1, -0.05) is 20.8 Å². The molecule has 112 valence electrons. The van der Waals surface area contributed by atoms with E-state index in [-0.39, 0.29) is 5.41 Å². The van der Waals surface area contributed by atoms with Crippen LogP contribution in [-0.2, 0) is 5.41 Å². The summed E-state index contributed by atoms with van der Waals surface area (Å²) in [6.45, 7) is 8.47. The largest absolute Gasteiger partial charge is 0.496 e. The van der Waals surface area contributed by atoms with E-state index in [0.29, 0.717) is 0 Å². The van der Waals surface area contributed by atoms with Crippen LogP contribution < -0.4 is 10.1 Å². The van der Waals surface area contributed by atoms with Crippen LogP contribution in [0.15, 0.2) is 24.3 Å². The standard InChI is InChI=1S/C17H23N3O/c1-11-9-12(7-8-13(11)21-6)16-19-14(17(2,3)4)10-15(18-5)20-16/h7-10H,1-6H3,(H,18,19,20). The van der Waals surface area contributed by atoms with E-state index >= 15 is 0 Å². The molecule has 0 bridgehead atoms. The lowest BCUT2D eigenvalue weighted by molar-refractivity contribution is 0.412. The highest BCUT2D eigenvalue weighted by atomic mass is 16.5. The van der Waals surface area contributed by atoms with Crippen molar-refractivity contribution in [2.24, 2.45) is 0 Å². The topological polar surface area (TPSA) is 47.0 Å². The van der Waals surface area contributed by atoms with Crippen molar-refractivity contribution in [2.45, 2.75) is 33.1 Å². The zero-order valence-corrected chi connectivity index (χ0v) is 13.6. The van der Waals surface area contributed by atoms with Gasteiger partial charge in [0.2, 0.25) is 0 Å². The first-order valence-corrected chi connectivity index (χ1v) is 7.07. The summed E-state index contributed by atoms with van der Waals surface area (Å²) < 4.78 is 5.31. The molecule has 21 heavy (non-hydrogen) atoms. The van der Waals surface area contributed by atoms with Crippen molar-refractivity contribution in [2.75, 3.05) is 19.5 Å². The van der Waals surface area contributed by atoms with Crippen molar-refractivity contribution in [1.29, 1.82) is 0 Å². The van der Waals surface area contributed by atoms with Gasteiger partial charge in [-0.05, 0) is 30.7 Å². The molecule has 1 N–H and O–H groups in total. The Morgan fingerprint density at radius 2 is 1.81 bits per heavy atom. The van der Waals surface area contributed by atoms with Crippen LogP contribution in [0.4, 0.5) is 5.82 Å². The van der Waals surface area contributed by atoms with Gasteiger partial charge in [0.25, 0.3) is 0 Å². The third-order valence-corrected chi connectivity index (χ3v) is 3.40. The summed E-state index contributed by atoms with van der Waals surface area (Å²) in [5.41, 5.74) is 3.07. The summed E-state index contributed by atoms with van der Waals surface area (Å²) >= 11 is 0. The van der Waals surface area contributed by atoms with Gasteiger partial charge in [-0.3, -0.25) is 0 Å². The number of hydrogen-bond acceptors (Lipinski definition) is 4. The maximum absolute atomic E-state index is 5.31. The minimum absolute atomic E-state index is 0.0230. The summed E-state index contributed by atoms with van der Waals surface area (Å²) in [5, 5.41) is 3.11. The lowest BCUT2D eigenvalue weighted by Crippen LogP contribution is -2.15. The number of methoxy groups -OCH3 is 1. The minimum atomic E-state index is -0.0230. The van der Waals surface area contributed by atoms with Crippen molar-refractivity contribution < 1.29 is 4.74 Å². The highest BCUT2D eigenvalue weighted by molar-refractivity contribution is 5.61. The molecular formula is C17H23N3O. The predicted octanol–water partition coefficient (Wildman–Crippen LogP) is 3.80. The van der Waals surface area contributed by atoms with E-state index in [9.17, 15) is 0 Å². The van der Waals surface area contributed by atoms with Crippen LogP contribution in [0.25, 0.3) is 11.4 Å². The molecule has 1 heterocycles. The highest BCUT2D eigenvalue weighted by Gasteiger charge is 2.18. The van der Waals surface area contributed by atoms with E-state index in [4.69, 9.17) is 9.72 Å². The van der Waals surface area contributed by atoms with Crippen LogP contribution in [0.5, 0.6) is 5.75 Å². The lowest BCUT2D eigenvalue weighted by Gasteiger charge is -2.19. The summed E-state index contributed by atoms with van der Waals surface area (Å²) in [5.74, 6) is 2.44. The van der Waals surface area contributed by atoms with Crippen LogP contribution in [-0.4, -0.2) is 24.1 Å². The predicted molar refractivity (Wildman–Crippen MR) is 87.0 cm³/mol. The van der Waals surface area contributed by atoms with Crippen LogP contribution in [0, 0.1) is 6.92 Å². The molecule has 2 rings (SSSR count). The molecule has 0 aliphatic heterocycles. The van der Waals surface area contributed by atoms with Crippen LogP contribution in [0.3, 0.4) is 0 Å². The first-order valence-electron chi connectivity index (χ1n) is 7.07. The van der Waals surface area contributed by atoms with Crippen molar-refractivity contribution in [3.8, 4) is 17.1 Å². The maximum atomic E-state index is 5.31. The highest BCUT2D eigenvalue weighted by Crippen LogP contribution is 2.28. The van der Waals surface area contributed by atoms with E-state index in [0.717, 1.165) is 34.2 Å². The molecule has 0 fully saturated rings. The van der Waals surface area contributed by atoms with Gasteiger partial charge in [-0.2, -0.15) is 0 Å². The molecule has 1 aromatic heterocycles. The number of hydrogen-bond donors (Lipinski definition) is 1. The van der Waals surface area contributed by atoms with Crippen LogP contribution >= 0.6 is 0 Å². The number of aryl methyl sites for hydroxylation is 1. The van der Waals surface area contributed by atoms with Gasteiger partial charge in [0.05, 0.1) is 12.8 Å². The van der Waals surface area contributed by atoms with Gasteiger partial charge in [0.15, 0.2) is 5.82 Å². The average Bonchev–Trinajstić information content (AvgIpc) is 2.45. The molecule has 1 aromatic carbocycles. The minimum Gasteiger partial charge on any atom is -0.496 e. The molecule has 0 atom stereocenters. The van der Waals surface area contributed by atoms with Crippen LogP contribution in [0.2, 0.25) is 0 Å². The molecule has 2 aromatic rings. The Labute approximate surface area is 126 Å². The molecule has 0 aliphatic rings. The molecule has 0 amide bonds. The van der Waals surface area contributed by atoms with Gasteiger partial charge in [0.1, 0.15) is 11.6 Å². The molecule has 0 saturated heterocycles. The quantitative estimate of drug-likeness (QED) is 0.931. The van der Waals surface area contributed by atoms with Crippen molar-refractivity contribution >= 4 is 5.82 Å². The molecule has 0 spiro atoms. The molecule has 4 nitrogen and oxygen atoms in total. The SMILES string of the molecule is CNc1cc(C(C)(C)C)nc(-c2ccc(OC)c(C)c2)n1. The third kappa shape index (κ3) is 3.32. The van der Waals surface area contributed by atoms with Gasteiger partial charge in [-0.25, -0.2) is 9.97 Å². The van der Waals surface area contributed by atoms with E-state index in [1.165, 1.54) is 0 Å². The van der Waals surface area contributed by atoms with Gasteiger partial charge < -0.3 is 10.1 Å². The van der Waals surface area contributed by atoms with Crippen molar-refractivity contribution in [3.63, 3.8) is 0 Å². The zero-order valence-electron chi connectivity index (χ0n) is 13.6. The Balaban J connectivity index is 2.55.